The number of hydrogen-bond donors (Lipinski definition) is 1. The minimum absolute atomic E-state index is 0.191. The molecule has 6 rings (SSSR count). The zero-order valence-electron chi connectivity index (χ0n) is 18.8. The van der Waals surface area contributed by atoms with Crippen molar-refractivity contribution in [3.05, 3.63) is 65.6 Å². The molecule has 1 spiro atoms. The van der Waals surface area contributed by atoms with Crippen LogP contribution in [0.15, 0.2) is 54.9 Å². The van der Waals surface area contributed by atoms with Crippen molar-refractivity contribution in [1.82, 2.24) is 19.9 Å². The standard InChI is InChI=1S/C26H26ClN5O2/c27-23-22-20-7-6-19(14-21(20)30-24(22)29-17-28-23)31-11-8-26(9-12-31)10-13-32(16-26)25(33)34-15-18-4-2-1-3-5-18/h1-7,14,17H,8-13,15-16H2,(H,28,29,30). The molecule has 0 atom stereocenters. The van der Waals surface area contributed by atoms with Gasteiger partial charge in [0.2, 0.25) is 0 Å². The van der Waals surface area contributed by atoms with E-state index in [-0.39, 0.29) is 11.5 Å². The van der Waals surface area contributed by atoms with Gasteiger partial charge in [0, 0.05) is 42.8 Å². The van der Waals surface area contributed by atoms with Crippen molar-refractivity contribution in [3.63, 3.8) is 0 Å². The molecule has 4 aromatic rings. The number of halogens is 1. The largest absolute Gasteiger partial charge is 0.445 e. The second kappa shape index (κ2) is 8.47. The van der Waals surface area contributed by atoms with E-state index in [1.165, 1.54) is 12.0 Å². The summed E-state index contributed by atoms with van der Waals surface area (Å²) in [5.74, 6) is 0. The molecule has 0 radical (unpaired) electrons. The van der Waals surface area contributed by atoms with E-state index < -0.39 is 0 Å². The average molecular weight is 476 g/mol. The number of anilines is 1. The van der Waals surface area contributed by atoms with Gasteiger partial charge in [-0.05, 0) is 48.4 Å². The Hall–Kier alpha value is -3.32. The monoisotopic (exact) mass is 475 g/mol. The summed E-state index contributed by atoms with van der Waals surface area (Å²) in [6.07, 6.45) is 4.45. The molecule has 2 aromatic carbocycles. The van der Waals surface area contributed by atoms with Gasteiger partial charge in [-0.1, -0.05) is 41.9 Å². The molecule has 2 aliphatic heterocycles. The van der Waals surface area contributed by atoms with Crippen LogP contribution in [0.5, 0.6) is 0 Å². The number of H-pyrrole nitrogens is 1. The van der Waals surface area contributed by atoms with E-state index in [4.69, 9.17) is 16.3 Å². The zero-order chi connectivity index (χ0) is 23.1. The summed E-state index contributed by atoms with van der Waals surface area (Å²) >= 11 is 6.30. The van der Waals surface area contributed by atoms with Crippen molar-refractivity contribution in [2.75, 3.05) is 31.1 Å². The average Bonchev–Trinajstić information content (AvgIpc) is 3.45. The summed E-state index contributed by atoms with van der Waals surface area (Å²) in [6, 6.07) is 16.3. The topological polar surface area (TPSA) is 74.3 Å². The highest BCUT2D eigenvalue weighted by Crippen LogP contribution is 2.42. The minimum atomic E-state index is -0.200. The minimum Gasteiger partial charge on any atom is -0.445 e. The highest BCUT2D eigenvalue weighted by Gasteiger charge is 2.42. The number of likely N-dealkylation sites (tertiary alicyclic amines) is 1. The molecular weight excluding hydrogens is 450 g/mol. The predicted octanol–water partition coefficient (Wildman–Crippen LogP) is 5.39. The Bertz CT molecular complexity index is 1350. The molecule has 1 N–H and O–H groups in total. The van der Waals surface area contributed by atoms with Crippen LogP contribution in [0.1, 0.15) is 24.8 Å². The molecule has 34 heavy (non-hydrogen) atoms. The number of piperidine rings is 1. The number of ether oxygens (including phenoxy) is 1. The molecule has 0 unspecified atom stereocenters. The van der Waals surface area contributed by atoms with Gasteiger partial charge in [-0.3, -0.25) is 0 Å². The molecular formula is C26H26ClN5O2. The number of hydrogen-bond acceptors (Lipinski definition) is 5. The number of nitrogens with zero attached hydrogens (tertiary/aromatic N) is 4. The Morgan fingerprint density at radius 1 is 1.06 bits per heavy atom. The molecule has 174 valence electrons. The maximum absolute atomic E-state index is 12.6. The number of benzene rings is 2. The van der Waals surface area contributed by atoms with E-state index >= 15 is 0 Å². The van der Waals surface area contributed by atoms with E-state index in [2.05, 4.69) is 38.1 Å². The molecule has 7 nitrogen and oxygen atoms in total. The van der Waals surface area contributed by atoms with Gasteiger partial charge in [0.25, 0.3) is 0 Å². The summed E-state index contributed by atoms with van der Waals surface area (Å²) in [7, 11) is 0. The maximum atomic E-state index is 12.6. The third-order valence-electron chi connectivity index (χ3n) is 7.42. The Balaban J connectivity index is 1.10. The van der Waals surface area contributed by atoms with Crippen molar-refractivity contribution in [2.24, 2.45) is 5.41 Å². The van der Waals surface area contributed by atoms with Gasteiger partial charge in [-0.2, -0.15) is 0 Å². The fraction of sp³-hybridized carbons (Fsp3) is 0.346. The molecule has 2 aliphatic rings. The summed E-state index contributed by atoms with van der Waals surface area (Å²) in [5, 5.41) is 2.38. The highest BCUT2D eigenvalue weighted by molar-refractivity contribution is 6.36. The van der Waals surface area contributed by atoms with E-state index in [1.54, 1.807) is 0 Å². The molecule has 0 aliphatic carbocycles. The van der Waals surface area contributed by atoms with Gasteiger partial charge in [0.15, 0.2) is 0 Å². The van der Waals surface area contributed by atoms with E-state index in [0.29, 0.717) is 11.8 Å². The Morgan fingerprint density at radius 2 is 1.85 bits per heavy atom. The first-order chi connectivity index (χ1) is 16.6. The van der Waals surface area contributed by atoms with Gasteiger partial charge >= 0.3 is 6.09 Å². The lowest BCUT2D eigenvalue weighted by Gasteiger charge is -2.40. The zero-order valence-corrected chi connectivity index (χ0v) is 19.6. The van der Waals surface area contributed by atoms with E-state index in [1.807, 2.05) is 35.2 Å². The Labute approximate surface area is 202 Å². The summed E-state index contributed by atoms with van der Waals surface area (Å²) < 4.78 is 5.56. The van der Waals surface area contributed by atoms with Crippen molar-refractivity contribution in [2.45, 2.75) is 25.9 Å². The third kappa shape index (κ3) is 3.84. The van der Waals surface area contributed by atoms with Crippen molar-refractivity contribution in [3.8, 4) is 0 Å². The second-order valence-electron chi connectivity index (χ2n) is 9.44. The quantitative estimate of drug-likeness (QED) is 0.402. The van der Waals surface area contributed by atoms with E-state index in [9.17, 15) is 4.79 Å². The number of rotatable bonds is 3. The number of fused-ring (bicyclic) bond motifs is 3. The van der Waals surface area contributed by atoms with Crippen LogP contribution < -0.4 is 4.90 Å². The van der Waals surface area contributed by atoms with Gasteiger partial charge in [-0.15, -0.1) is 0 Å². The fourth-order valence-corrected chi connectivity index (χ4v) is 5.66. The number of aromatic amines is 1. The molecule has 4 heterocycles. The normalized spacial score (nSPS) is 17.7. The van der Waals surface area contributed by atoms with Crippen LogP contribution in [0.4, 0.5) is 10.5 Å². The first-order valence-corrected chi connectivity index (χ1v) is 12.1. The molecule has 1 amide bonds. The number of carbonyl (C=O) groups excluding carboxylic acids is 1. The number of carbonyl (C=O) groups is 1. The van der Waals surface area contributed by atoms with E-state index in [0.717, 1.165) is 72.9 Å². The van der Waals surface area contributed by atoms with Gasteiger partial charge < -0.3 is 19.5 Å². The summed E-state index contributed by atoms with van der Waals surface area (Å²) in [5.41, 5.74) is 4.17. The molecule has 2 aromatic heterocycles. The van der Waals surface area contributed by atoms with Crippen molar-refractivity contribution in [1.29, 1.82) is 0 Å². The lowest BCUT2D eigenvalue weighted by Crippen LogP contribution is -2.42. The van der Waals surface area contributed by atoms with Crippen LogP contribution in [-0.4, -0.2) is 52.1 Å². The Morgan fingerprint density at radius 3 is 2.68 bits per heavy atom. The summed E-state index contributed by atoms with van der Waals surface area (Å²) in [6.45, 7) is 3.82. The van der Waals surface area contributed by atoms with Crippen molar-refractivity contribution < 1.29 is 9.53 Å². The van der Waals surface area contributed by atoms with Crippen LogP contribution >= 0.6 is 11.6 Å². The lowest BCUT2D eigenvalue weighted by molar-refractivity contribution is 0.0974. The van der Waals surface area contributed by atoms with Crippen LogP contribution in [0.2, 0.25) is 5.15 Å². The smallest absolute Gasteiger partial charge is 0.410 e. The fourth-order valence-electron chi connectivity index (χ4n) is 5.42. The highest BCUT2D eigenvalue weighted by atomic mass is 35.5. The van der Waals surface area contributed by atoms with Crippen LogP contribution in [0.25, 0.3) is 21.9 Å². The first kappa shape index (κ1) is 21.2. The van der Waals surface area contributed by atoms with Crippen molar-refractivity contribution >= 4 is 45.3 Å². The first-order valence-electron chi connectivity index (χ1n) is 11.7. The molecule has 8 heteroatoms. The van der Waals surface area contributed by atoms with Gasteiger partial charge in [0.1, 0.15) is 23.7 Å². The SMILES string of the molecule is O=C(OCc1ccccc1)N1CCC2(CCN(c3ccc4c(c3)[nH]c3ncnc(Cl)c34)CC2)C1. The van der Waals surface area contributed by atoms with Crippen LogP contribution in [-0.2, 0) is 11.3 Å². The Kier molecular flexibility index (Phi) is 5.29. The molecule has 2 saturated heterocycles. The number of aromatic nitrogens is 3. The number of amides is 1. The molecule has 0 saturated carbocycles. The second-order valence-corrected chi connectivity index (χ2v) is 9.80. The van der Waals surface area contributed by atoms with Crippen LogP contribution in [0, 0.1) is 5.41 Å². The van der Waals surface area contributed by atoms with Crippen LogP contribution in [0.3, 0.4) is 0 Å². The lowest BCUT2D eigenvalue weighted by atomic mass is 9.77. The van der Waals surface area contributed by atoms with Gasteiger partial charge in [-0.25, -0.2) is 14.8 Å². The molecule has 0 bridgehead atoms. The number of nitrogens with one attached hydrogen (secondary N) is 1. The summed E-state index contributed by atoms with van der Waals surface area (Å²) in [4.78, 5) is 28.7. The third-order valence-corrected chi connectivity index (χ3v) is 7.70. The molecule has 2 fully saturated rings. The van der Waals surface area contributed by atoms with Gasteiger partial charge in [0.05, 0.1) is 5.39 Å². The maximum Gasteiger partial charge on any atom is 0.410 e. The predicted molar refractivity (Wildman–Crippen MR) is 133 cm³/mol.